The molecule has 0 saturated heterocycles. The number of benzene rings is 2. The van der Waals surface area contributed by atoms with Crippen LogP contribution >= 0.6 is 0 Å². The topological polar surface area (TPSA) is 56.2 Å². The number of aromatic nitrogens is 2. The van der Waals surface area contributed by atoms with E-state index >= 15 is 0 Å². The molecule has 0 unspecified atom stereocenters. The monoisotopic (exact) mass is 361 g/mol. The predicted octanol–water partition coefficient (Wildman–Crippen LogP) is 4.75. The standard InChI is InChI=1S/C22H23N3O2/c1-16-13-14-23-25(16)19-6-4-5-18(15-19)24-22(26)17-9-11-21(12-10-17)27-20-7-2-3-8-20/h4-6,9-15,20H,2-3,7-8H2,1H3,(H,24,26). The molecule has 1 aliphatic rings. The molecule has 27 heavy (non-hydrogen) atoms. The molecule has 138 valence electrons. The van der Waals surface area contributed by atoms with Gasteiger partial charge in [0.15, 0.2) is 0 Å². The van der Waals surface area contributed by atoms with Crippen molar-refractivity contribution in [2.24, 2.45) is 0 Å². The molecule has 1 aliphatic carbocycles. The first-order valence-corrected chi connectivity index (χ1v) is 9.38. The van der Waals surface area contributed by atoms with Gasteiger partial charge in [0, 0.05) is 23.1 Å². The Morgan fingerprint density at radius 1 is 1.11 bits per heavy atom. The SMILES string of the molecule is Cc1ccnn1-c1cccc(NC(=O)c2ccc(OC3CCCC3)cc2)c1. The molecule has 0 atom stereocenters. The summed E-state index contributed by atoms with van der Waals surface area (Å²) >= 11 is 0. The van der Waals surface area contributed by atoms with Crippen LogP contribution in [-0.4, -0.2) is 21.8 Å². The van der Waals surface area contributed by atoms with Gasteiger partial charge in [0.05, 0.1) is 11.8 Å². The largest absolute Gasteiger partial charge is 0.490 e. The lowest BCUT2D eigenvalue weighted by Crippen LogP contribution is -2.13. The minimum Gasteiger partial charge on any atom is -0.490 e. The number of aryl methyl sites for hydroxylation is 1. The van der Waals surface area contributed by atoms with Crippen LogP contribution in [0.1, 0.15) is 41.7 Å². The first-order chi connectivity index (χ1) is 13.2. The van der Waals surface area contributed by atoms with Crippen molar-refractivity contribution in [1.82, 2.24) is 9.78 Å². The van der Waals surface area contributed by atoms with Crippen LogP contribution in [0.5, 0.6) is 5.75 Å². The van der Waals surface area contributed by atoms with E-state index in [2.05, 4.69) is 10.4 Å². The summed E-state index contributed by atoms with van der Waals surface area (Å²) in [6.07, 6.45) is 6.79. The van der Waals surface area contributed by atoms with E-state index in [4.69, 9.17) is 4.74 Å². The summed E-state index contributed by atoms with van der Waals surface area (Å²) in [5.41, 5.74) is 3.29. The van der Waals surface area contributed by atoms with Crippen molar-refractivity contribution in [3.8, 4) is 11.4 Å². The molecule has 5 nitrogen and oxygen atoms in total. The number of ether oxygens (including phenoxy) is 1. The third-order valence-corrected chi connectivity index (χ3v) is 4.90. The number of amides is 1. The van der Waals surface area contributed by atoms with Gasteiger partial charge < -0.3 is 10.1 Å². The van der Waals surface area contributed by atoms with E-state index in [9.17, 15) is 4.79 Å². The van der Waals surface area contributed by atoms with Crippen molar-refractivity contribution in [3.63, 3.8) is 0 Å². The van der Waals surface area contributed by atoms with Crippen molar-refractivity contribution < 1.29 is 9.53 Å². The second-order valence-electron chi connectivity index (χ2n) is 6.94. The highest BCUT2D eigenvalue weighted by atomic mass is 16.5. The summed E-state index contributed by atoms with van der Waals surface area (Å²) in [6, 6.07) is 17.0. The van der Waals surface area contributed by atoms with Crippen LogP contribution in [0.15, 0.2) is 60.8 Å². The maximum Gasteiger partial charge on any atom is 0.255 e. The second kappa shape index (κ2) is 7.66. The lowest BCUT2D eigenvalue weighted by molar-refractivity contribution is 0.102. The molecule has 1 N–H and O–H groups in total. The first kappa shape index (κ1) is 17.3. The summed E-state index contributed by atoms with van der Waals surface area (Å²) in [5.74, 6) is 0.686. The van der Waals surface area contributed by atoms with E-state index in [1.807, 2.05) is 54.1 Å². The molecule has 0 aliphatic heterocycles. The molecule has 3 aromatic rings. The zero-order valence-electron chi connectivity index (χ0n) is 15.4. The summed E-state index contributed by atoms with van der Waals surface area (Å²) in [6.45, 7) is 1.99. The Bertz CT molecular complexity index is 925. The molecule has 4 rings (SSSR count). The van der Waals surface area contributed by atoms with Crippen molar-refractivity contribution in [2.75, 3.05) is 5.32 Å². The number of hydrogen-bond acceptors (Lipinski definition) is 3. The Hall–Kier alpha value is -3.08. The molecule has 1 saturated carbocycles. The molecule has 5 heteroatoms. The van der Waals surface area contributed by atoms with E-state index in [1.165, 1.54) is 12.8 Å². The molecule has 1 aromatic heterocycles. The van der Waals surface area contributed by atoms with Crippen LogP contribution in [0.25, 0.3) is 5.69 Å². The average Bonchev–Trinajstić information content (AvgIpc) is 3.34. The van der Waals surface area contributed by atoms with E-state index in [0.29, 0.717) is 11.7 Å². The molecular formula is C22H23N3O2. The van der Waals surface area contributed by atoms with Crippen molar-refractivity contribution in [1.29, 1.82) is 0 Å². The van der Waals surface area contributed by atoms with Crippen LogP contribution in [0.2, 0.25) is 0 Å². The fraction of sp³-hybridized carbons (Fsp3) is 0.273. The van der Waals surface area contributed by atoms with E-state index in [0.717, 1.165) is 35.7 Å². The Morgan fingerprint density at radius 2 is 1.89 bits per heavy atom. The van der Waals surface area contributed by atoms with Crippen LogP contribution < -0.4 is 10.1 Å². The Labute approximate surface area is 159 Å². The summed E-state index contributed by atoms with van der Waals surface area (Å²) in [4.78, 5) is 12.6. The zero-order valence-corrected chi connectivity index (χ0v) is 15.4. The minimum atomic E-state index is -0.142. The van der Waals surface area contributed by atoms with E-state index in [-0.39, 0.29) is 5.91 Å². The lowest BCUT2D eigenvalue weighted by atomic mass is 10.2. The second-order valence-corrected chi connectivity index (χ2v) is 6.94. The number of nitrogens with zero attached hydrogens (tertiary/aromatic N) is 2. The smallest absolute Gasteiger partial charge is 0.255 e. The molecule has 2 aromatic carbocycles. The quantitative estimate of drug-likeness (QED) is 0.713. The molecule has 1 amide bonds. The van der Waals surface area contributed by atoms with E-state index in [1.54, 1.807) is 18.3 Å². The lowest BCUT2D eigenvalue weighted by Gasteiger charge is -2.13. The van der Waals surface area contributed by atoms with E-state index < -0.39 is 0 Å². The zero-order chi connectivity index (χ0) is 18.6. The number of nitrogens with one attached hydrogen (secondary N) is 1. The minimum absolute atomic E-state index is 0.142. The molecular weight excluding hydrogens is 338 g/mol. The van der Waals surface area contributed by atoms with Crippen LogP contribution in [0.4, 0.5) is 5.69 Å². The molecule has 1 fully saturated rings. The van der Waals surface area contributed by atoms with Gasteiger partial charge in [-0.25, -0.2) is 4.68 Å². The molecule has 0 spiro atoms. The summed E-state index contributed by atoms with van der Waals surface area (Å²) in [7, 11) is 0. The number of carbonyl (C=O) groups excluding carboxylic acids is 1. The third-order valence-electron chi connectivity index (χ3n) is 4.90. The Kier molecular flexibility index (Phi) is 4.92. The van der Waals surface area contributed by atoms with Gasteiger partial charge in [-0.1, -0.05) is 6.07 Å². The van der Waals surface area contributed by atoms with Crippen molar-refractivity contribution >= 4 is 11.6 Å². The fourth-order valence-electron chi connectivity index (χ4n) is 3.44. The highest BCUT2D eigenvalue weighted by Gasteiger charge is 2.16. The Morgan fingerprint density at radius 3 is 2.59 bits per heavy atom. The van der Waals surface area contributed by atoms with Gasteiger partial charge in [0.1, 0.15) is 5.75 Å². The molecule has 0 radical (unpaired) electrons. The highest BCUT2D eigenvalue weighted by Crippen LogP contribution is 2.24. The van der Waals surface area contributed by atoms with Gasteiger partial charge in [-0.15, -0.1) is 0 Å². The third kappa shape index (κ3) is 4.03. The maximum atomic E-state index is 12.6. The molecule has 0 bridgehead atoms. The van der Waals surface area contributed by atoms with Gasteiger partial charge in [0.25, 0.3) is 5.91 Å². The fourth-order valence-corrected chi connectivity index (χ4v) is 3.44. The first-order valence-electron chi connectivity index (χ1n) is 9.38. The van der Waals surface area contributed by atoms with Crippen LogP contribution in [-0.2, 0) is 0 Å². The van der Waals surface area contributed by atoms with Crippen LogP contribution in [0, 0.1) is 6.92 Å². The van der Waals surface area contributed by atoms with Gasteiger partial charge in [-0.05, 0) is 81.1 Å². The number of rotatable bonds is 5. The van der Waals surface area contributed by atoms with Crippen LogP contribution in [0.3, 0.4) is 0 Å². The number of carbonyl (C=O) groups is 1. The van der Waals surface area contributed by atoms with Gasteiger partial charge in [-0.3, -0.25) is 4.79 Å². The number of hydrogen-bond donors (Lipinski definition) is 1. The van der Waals surface area contributed by atoms with Gasteiger partial charge >= 0.3 is 0 Å². The summed E-state index contributed by atoms with van der Waals surface area (Å²) in [5, 5.41) is 7.26. The maximum absolute atomic E-state index is 12.6. The average molecular weight is 361 g/mol. The Balaban J connectivity index is 1.43. The van der Waals surface area contributed by atoms with Crippen molar-refractivity contribution in [2.45, 2.75) is 38.7 Å². The van der Waals surface area contributed by atoms with Crippen molar-refractivity contribution in [3.05, 3.63) is 72.1 Å². The molecule has 1 heterocycles. The highest BCUT2D eigenvalue weighted by molar-refractivity contribution is 6.04. The van der Waals surface area contributed by atoms with Gasteiger partial charge in [-0.2, -0.15) is 5.10 Å². The normalized spacial score (nSPS) is 14.3. The number of anilines is 1. The summed E-state index contributed by atoms with van der Waals surface area (Å²) < 4.78 is 7.79. The predicted molar refractivity (Wildman–Crippen MR) is 106 cm³/mol. The van der Waals surface area contributed by atoms with Gasteiger partial charge in [0.2, 0.25) is 0 Å².